The first-order valence-electron chi connectivity index (χ1n) is 9.05. The van der Waals surface area contributed by atoms with E-state index in [9.17, 15) is 18.0 Å². The second-order valence-corrected chi connectivity index (χ2v) is 6.74. The van der Waals surface area contributed by atoms with Gasteiger partial charge in [0.05, 0.1) is 26.9 Å². The third-order valence-corrected chi connectivity index (χ3v) is 4.79. The number of hydrogen-bond donors (Lipinski definition) is 3. The fraction of sp³-hybridized carbons (Fsp3) is 0.611. The van der Waals surface area contributed by atoms with Crippen molar-refractivity contribution in [2.24, 2.45) is 0 Å². The van der Waals surface area contributed by atoms with Crippen molar-refractivity contribution in [1.29, 1.82) is 0 Å². The number of nitrogens with one attached hydrogen (secondary N) is 3. The highest BCUT2D eigenvalue weighted by atomic mass is 19.4. The van der Waals surface area contributed by atoms with Crippen LogP contribution in [-0.2, 0) is 11.3 Å². The van der Waals surface area contributed by atoms with Gasteiger partial charge in [-0.15, -0.1) is 0 Å². The van der Waals surface area contributed by atoms with Crippen molar-refractivity contribution in [1.82, 2.24) is 5.32 Å². The zero-order chi connectivity index (χ0) is 20.7. The Kier molecular flexibility index (Phi) is 7.76. The summed E-state index contributed by atoms with van der Waals surface area (Å²) < 4.78 is 52.7. The van der Waals surface area contributed by atoms with Gasteiger partial charge < -0.3 is 29.3 Å². The molecule has 2 rings (SSSR count). The highest BCUT2D eigenvalue weighted by Crippen LogP contribution is 2.39. The van der Waals surface area contributed by atoms with Crippen LogP contribution in [0.4, 0.5) is 13.2 Å². The Morgan fingerprint density at radius 2 is 1.61 bits per heavy atom. The van der Waals surface area contributed by atoms with E-state index in [1.165, 1.54) is 4.90 Å². The highest BCUT2D eigenvalue weighted by molar-refractivity contribution is 5.76. The van der Waals surface area contributed by atoms with Crippen LogP contribution in [0.15, 0.2) is 12.1 Å². The molecule has 28 heavy (non-hydrogen) atoms. The summed E-state index contributed by atoms with van der Waals surface area (Å²) in [5.41, 5.74) is 0.988. The minimum Gasteiger partial charge on any atom is -0.493 e. The van der Waals surface area contributed by atoms with Gasteiger partial charge in [-0.2, -0.15) is 13.2 Å². The van der Waals surface area contributed by atoms with E-state index in [1.54, 1.807) is 21.3 Å². The minimum absolute atomic E-state index is 0.0586. The van der Waals surface area contributed by atoms with Crippen LogP contribution in [-0.4, -0.2) is 72.7 Å². The number of carbonyl (C=O) groups is 1. The largest absolute Gasteiger partial charge is 0.493 e. The molecule has 0 aliphatic carbocycles. The molecule has 0 aromatic heterocycles. The maximum Gasteiger partial charge on any atom is 0.405 e. The standard InChI is InChI=1S/C18H26F3N3O4/c1-26-14-5-4-13(16(27-2)17(14)28-3)10-23-6-8-24(9-7-23)11-15(25)22-12-18(19,20)21/h4-5H,6-12H2,1-3H3,(H,22,25)/p+2. The quantitative estimate of drug-likeness (QED) is 0.500. The number of quaternary nitrogens is 2. The number of methoxy groups -OCH3 is 3. The lowest BCUT2D eigenvalue weighted by Gasteiger charge is -2.30. The van der Waals surface area contributed by atoms with Crippen LogP contribution in [0.5, 0.6) is 17.2 Å². The number of piperazine rings is 1. The van der Waals surface area contributed by atoms with E-state index in [4.69, 9.17) is 14.2 Å². The predicted molar refractivity (Wildman–Crippen MR) is 95.1 cm³/mol. The molecule has 1 aliphatic heterocycles. The molecule has 1 aromatic carbocycles. The zero-order valence-electron chi connectivity index (χ0n) is 16.4. The van der Waals surface area contributed by atoms with Gasteiger partial charge in [-0.1, -0.05) is 0 Å². The Morgan fingerprint density at radius 1 is 1.00 bits per heavy atom. The number of halogens is 3. The van der Waals surface area contributed by atoms with E-state index in [0.717, 1.165) is 30.1 Å². The SMILES string of the molecule is COc1ccc(C[NH+]2CC[NH+](CC(=O)NCC(F)(F)F)CC2)c(OC)c1OC. The molecule has 3 N–H and O–H groups in total. The summed E-state index contributed by atoms with van der Waals surface area (Å²) in [7, 11) is 4.70. The monoisotopic (exact) mass is 407 g/mol. The molecule has 0 atom stereocenters. The molecule has 1 saturated heterocycles. The lowest BCUT2D eigenvalue weighted by atomic mass is 10.1. The van der Waals surface area contributed by atoms with Crippen molar-refractivity contribution in [3.05, 3.63) is 17.7 Å². The van der Waals surface area contributed by atoms with Crippen molar-refractivity contribution >= 4 is 5.91 Å². The summed E-state index contributed by atoms with van der Waals surface area (Å²) in [5, 5.41) is 1.93. The van der Waals surface area contributed by atoms with Gasteiger partial charge in [0.1, 0.15) is 39.3 Å². The topological polar surface area (TPSA) is 65.7 Å². The van der Waals surface area contributed by atoms with E-state index in [-0.39, 0.29) is 6.54 Å². The van der Waals surface area contributed by atoms with Crippen LogP contribution < -0.4 is 29.3 Å². The maximum absolute atomic E-state index is 12.2. The molecular weight excluding hydrogens is 379 g/mol. The Bertz CT molecular complexity index is 662. The Morgan fingerprint density at radius 3 is 2.14 bits per heavy atom. The van der Waals surface area contributed by atoms with Crippen molar-refractivity contribution in [2.45, 2.75) is 12.7 Å². The normalized spacial score (nSPS) is 19.8. The van der Waals surface area contributed by atoms with Crippen molar-refractivity contribution in [2.75, 3.05) is 60.6 Å². The van der Waals surface area contributed by atoms with Crippen molar-refractivity contribution in [3.8, 4) is 17.2 Å². The van der Waals surface area contributed by atoms with E-state index in [1.807, 2.05) is 17.4 Å². The van der Waals surface area contributed by atoms with Crippen molar-refractivity contribution < 1.29 is 42.0 Å². The first-order valence-corrected chi connectivity index (χ1v) is 9.05. The van der Waals surface area contributed by atoms with Crippen molar-refractivity contribution in [3.63, 3.8) is 0 Å². The fourth-order valence-electron chi connectivity index (χ4n) is 3.37. The molecule has 10 heteroatoms. The van der Waals surface area contributed by atoms with Gasteiger partial charge in [0.2, 0.25) is 5.75 Å². The first kappa shape index (κ1) is 22.1. The van der Waals surface area contributed by atoms with Crippen LogP contribution in [0.1, 0.15) is 5.56 Å². The maximum atomic E-state index is 12.2. The van der Waals surface area contributed by atoms with E-state index in [0.29, 0.717) is 30.3 Å². The number of hydrogen-bond acceptors (Lipinski definition) is 4. The molecule has 1 heterocycles. The summed E-state index contributed by atoms with van der Waals surface area (Å²) in [5.74, 6) is 1.21. The summed E-state index contributed by atoms with van der Waals surface area (Å²) in [6.45, 7) is 2.53. The van der Waals surface area contributed by atoms with Gasteiger partial charge in [-0.05, 0) is 12.1 Å². The Balaban J connectivity index is 1.88. The number of amides is 1. The number of alkyl halides is 3. The molecule has 1 aliphatic rings. The van der Waals surface area contributed by atoms with Gasteiger partial charge >= 0.3 is 6.18 Å². The third-order valence-electron chi connectivity index (χ3n) is 4.79. The molecule has 0 radical (unpaired) electrons. The number of benzene rings is 1. The van der Waals surface area contributed by atoms with E-state index in [2.05, 4.69) is 0 Å². The summed E-state index contributed by atoms with van der Waals surface area (Å²) in [6, 6.07) is 3.78. The molecule has 7 nitrogen and oxygen atoms in total. The lowest BCUT2D eigenvalue weighted by molar-refractivity contribution is -1.02. The van der Waals surface area contributed by atoms with Gasteiger partial charge in [-0.25, -0.2) is 0 Å². The Labute approximate surface area is 162 Å². The number of ether oxygens (including phenoxy) is 3. The second-order valence-electron chi connectivity index (χ2n) is 6.74. The molecule has 1 amide bonds. The molecular formula is C18H28F3N3O4+2. The third kappa shape index (κ3) is 6.16. The Hall–Kier alpha value is -2.20. The van der Waals surface area contributed by atoms with E-state index >= 15 is 0 Å². The predicted octanol–water partition coefficient (Wildman–Crippen LogP) is -1.33. The van der Waals surface area contributed by atoms with Gasteiger partial charge in [0, 0.05) is 0 Å². The molecule has 1 fully saturated rings. The average Bonchev–Trinajstić information content (AvgIpc) is 2.66. The van der Waals surface area contributed by atoms with Crippen LogP contribution in [0.3, 0.4) is 0 Å². The number of carbonyl (C=O) groups excluding carboxylic acids is 1. The lowest BCUT2D eigenvalue weighted by Crippen LogP contribution is -3.28. The highest BCUT2D eigenvalue weighted by Gasteiger charge is 2.30. The van der Waals surface area contributed by atoms with E-state index < -0.39 is 18.6 Å². The van der Waals surface area contributed by atoms with Gasteiger partial charge in [-0.3, -0.25) is 4.79 Å². The van der Waals surface area contributed by atoms with Crippen LogP contribution >= 0.6 is 0 Å². The van der Waals surface area contributed by atoms with Crippen LogP contribution in [0, 0.1) is 0 Å². The molecule has 1 aromatic rings. The average molecular weight is 407 g/mol. The second kappa shape index (κ2) is 9.83. The molecule has 0 spiro atoms. The fourth-order valence-corrected chi connectivity index (χ4v) is 3.37. The minimum atomic E-state index is -4.38. The summed E-state index contributed by atoms with van der Waals surface area (Å²) in [4.78, 5) is 14.0. The molecule has 0 unspecified atom stereocenters. The van der Waals surface area contributed by atoms with Crippen LogP contribution in [0.25, 0.3) is 0 Å². The number of rotatable bonds is 8. The van der Waals surface area contributed by atoms with Gasteiger partial charge in [0.15, 0.2) is 18.0 Å². The molecule has 158 valence electrons. The smallest absolute Gasteiger partial charge is 0.405 e. The van der Waals surface area contributed by atoms with Crippen LogP contribution in [0.2, 0.25) is 0 Å². The molecule has 0 saturated carbocycles. The first-order chi connectivity index (χ1) is 13.3. The zero-order valence-corrected chi connectivity index (χ0v) is 16.4. The summed E-state index contributed by atoms with van der Waals surface area (Å²) >= 11 is 0. The molecule has 0 bridgehead atoms. The van der Waals surface area contributed by atoms with Gasteiger partial charge in [0.25, 0.3) is 5.91 Å². The summed E-state index contributed by atoms with van der Waals surface area (Å²) in [6.07, 6.45) is -4.38.